The largest absolute Gasteiger partial charge is 0.305 e. The van der Waals surface area contributed by atoms with Crippen LogP contribution in [-0.4, -0.2) is 42.1 Å². The Bertz CT molecular complexity index is 382. The normalized spacial score (nSPS) is 26.3. The lowest BCUT2D eigenvalue weighted by Gasteiger charge is -2.44. The summed E-state index contributed by atoms with van der Waals surface area (Å²) in [6.07, 6.45) is 0. The number of thioether (sulfide) groups is 1. The van der Waals surface area contributed by atoms with Crippen LogP contribution in [0.2, 0.25) is 0 Å². The van der Waals surface area contributed by atoms with Gasteiger partial charge in [0.25, 0.3) is 0 Å². The zero-order chi connectivity index (χ0) is 13.7. The molecule has 1 N–H and O–H groups in total. The second-order valence-electron chi connectivity index (χ2n) is 5.60. The van der Waals surface area contributed by atoms with Crippen LogP contribution in [0.5, 0.6) is 0 Å². The van der Waals surface area contributed by atoms with Crippen LogP contribution >= 0.6 is 11.8 Å². The fraction of sp³-hybridized carbons (Fsp3) is 0.625. The quantitative estimate of drug-likeness (QED) is 0.891. The molecule has 2 unspecified atom stereocenters. The van der Waals surface area contributed by atoms with Crippen molar-refractivity contribution in [3.8, 4) is 0 Å². The molecule has 1 saturated heterocycles. The topological polar surface area (TPSA) is 15.3 Å². The molecule has 0 aliphatic carbocycles. The molecular weight excluding hydrogens is 252 g/mol. The molecule has 0 amide bonds. The number of hydrogen-bond donors (Lipinski definition) is 1. The predicted molar refractivity (Wildman–Crippen MR) is 85.8 cm³/mol. The Morgan fingerprint density at radius 1 is 1.37 bits per heavy atom. The average molecular weight is 278 g/mol. The van der Waals surface area contributed by atoms with Crippen molar-refractivity contribution >= 4 is 11.8 Å². The molecule has 1 aliphatic rings. The third-order valence-electron chi connectivity index (χ3n) is 4.03. The van der Waals surface area contributed by atoms with Crippen LogP contribution in [0.15, 0.2) is 30.3 Å². The van der Waals surface area contributed by atoms with Gasteiger partial charge in [-0.05, 0) is 25.2 Å². The van der Waals surface area contributed by atoms with Crippen molar-refractivity contribution in [3.63, 3.8) is 0 Å². The fourth-order valence-corrected chi connectivity index (χ4v) is 3.57. The van der Waals surface area contributed by atoms with E-state index in [1.165, 1.54) is 17.1 Å². The van der Waals surface area contributed by atoms with Crippen LogP contribution in [0.25, 0.3) is 0 Å². The molecule has 2 atom stereocenters. The minimum Gasteiger partial charge on any atom is -0.305 e. The molecule has 1 heterocycles. The van der Waals surface area contributed by atoms with Crippen LogP contribution < -0.4 is 5.32 Å². The SMILES string of the molecule is CCSCC(C)N1CCNC(C)(c2ccccc2)C1. The molecule has 2 nitrogen and oxygen atoms in total. The summed E-state index contributed by atoms with van der Waals surface area (Å²) < 4.78 is 0. The van der Waals surface area contributed by atoms with Gasteiger partial charge in [-0.1, -0.05) is 37.3 Å². The number of hydrogen-bond acceptors (Lipinski definition) is 3. The summed E-state index contributed by atoms with van der Waals surface area (Å²) in [6, 6.07) is 11.5. The Morgan fingerprint density at radius 2 is 2.11 bits per heavy atom. The highest BCUT2D eigenvalue weighted by atomic mass is 32.2. The highest BCUT2D eigenvalue weighted by molar-refractivity contribution is 7.99. The van der Waals surface area contributed by atoms with Gasteiger partial charge in [-0.25, -0.2) is 0 Å². The lowest BCUT2D eigenvalue weighted by molar-refractivity contribution is 0.115. The van der Waals surface area contributed by atoms with E-state index in [4.69, 9.17) is 0 Å². The van der Waals surface area contributed by atoms with Crippen LogP contribution in [-0.2, 0) is 5.54 Å². The fourth-order valence-electron chi connectivity index (χ4n) is 2.79. The molecule has 106 valence electrons. The van der Waals surface area contributed by atoms with E-state index in [1.54, 1.807) is 0 Å². The van der Waals surface area contributed by atoms with Crippen molar-refractivity contribution < 1.29 is 0 Å². The minimum atomic E-state index is 0.0879. The van der Waals surface area contributed by atoms with Crippen molar-refractivity contribution in [3.05, 3.63) is 35.9 Å². The molecule has 19 heavy (non-hydrogen) atoms. The van der Waals surface area contributed by atoms with E-state index in [9.17, 15) is 0 Å². The van der Waals surface area contributed by atoms with Gasteiger partial charge >= 0.3 is 0 Å². The molecule has 1 aromatic rings. The first-order valence-corrected chi connectivity index (χ1v) is 8.43. The molecule has 1 aromatic carbocycles. The van der Waals surface area contributed by atoms with Crippen LogP contribution in [0.3, 0.4) is 0 Å². The van der Waals surface area contributed by atoms with Gasteiger partial charge in [-0.15, -0.1) is 0 Å². The smallest absolute Gasteiger partial charge is 0.0535 e. The van der Waals surface area contributed by atoms with E-state index in [2.05, 4.69) is 61.3 Å². The summed E-state index contributed by atoms with van der Waals surface area (Å²) in [5.74, 6) is 2.45. The van der Waals surface area contributed by atoms with Crippen molar-refractivity contribution in [2.45, 2.75) is 32.4 Å². The molecule has 0 spiro atoms. The third-order valence-corrected chi connectivity index (χ3v) is 5.16. The minimum absolute atomic E-state index is 0.0879. The second kappa shape index (κ2) is 6.78. The summed E-state index contributed by atoms with van der Waals surface area (Å²) in [5.41, 5.74) is 1.49. The van der Waals surface area contributed by atoms with E-state index in [0.717, 1.165) is 19.6 Å². The van der Waals surface area contributed by atoms with Gasteiger partial charge in [-0.3, -0.25) is 4.90 Å². The van der Waals surface area contributed by atoms with Gasteiger partial charge < -0.3 is 5.32 Å². The highest BCUT2D eigenvalue weighted by Gasteiger charge is 2.33. The van der Waals surface area contributed by atoms with E-state index in [-0.39, 0.29) is 5.54 Å². The van der Waals surface area contributed by atoms with Gasteiger partial charge in [0.15, 0.2) is 0 Å². The summed E-state index contributed by atoms with van der Waals surface area (Å²) in [6.45, 7) is 10.3. The maximum atomic E-state index is 3.70. The van der Waals surface area contributed by atoms with Crippen LogP contribution in [0, 0.1) is 0 Å². The average Bonchev–Trinajstić information content (AvgIpc) is 2.46. The number of rotatable bonds is 5. The molecule has 0 aromatic heterocycles. The molecule has 0 saturated carbocycles. The van der Waals surface area contributed by atoms with Gasteiger partial charge in [0.05, 0.1) is 5.54 Å². The highest BCUT2D eigenvalue weighted by Crippen LogP contribution is 2.25. The first-order valence-electron chi connectivity index (χ1n) is 7.28. The Balaban J connectivity index is 2.04. The molecule has 0 radical (unpaired) electrons. The lowest BCUT2D eigenvalue weighted by Crippen LogP contribution is -2.58. The third kappa shape index (κ3) is 3.74. The van der Waals surface area contributed by atoms with Gasteiger partial charge in [-0.2, -0.15) is 11.8 Å². The molecule has 1 aliphatic heterocycles. The van der Waals surface area contributed by atoms with Crippen molar-refractivity contribution in [2.75, 3.05) is 31.1 Å². The van der Waals surface area contributed by atoms with E-state index in [0.29, 0.717) is 6.04 Å². The number of piperazine rings is 1. The molecule has 0 bridgehead atoms. The lowest BCUT2D eigenvalue weighted by atomic mass is 9.89. The van der Waals surface area contributed by atoms with Crippen molar-refractivity contribution in [2.24, 2.45) is 0 Å². The summed E-state index contributed by atoms with van der Waals surface area (Å²) in [7, 11) is 0. The second-order valence-corrected chi connectivity index (χ2v) is 6.92. The number of nitrogens with one attached hydrogen (secondary N) is 1. The zero-order valence-electron chi connectivity index (χ0n) is 12.4. The monoisotopic (exact) mass is 278 g/mol. The zero-order valence-corrected chi connectivity index (χ0v) is 13.2. The van der Waals surface area contributed by atoms with E-state index < -0.39 is 0 Å². The first kappa shape index (κ1) is 14.9. The van der Waals surface area contributed by atoms with Crippen LogP contribution in [0.1, 0.15) is 26.3 Å². The van der Waals surface area contributed by atoms with E-state index >= 15 is 0 Å². The van der Waals surface area contributed by atoms with Gasteiger partial charge in [0.2, 0.25) is 0 Å². The maximum Gasteiger partial charge on any atom is 0.0535 e. The predicted octanol–water partition coefficient (Wildman–Crippen LogP) is 2.95. The summed E-state index contributed by atoms with van der Waals surface area (Å²) in [4.78, 5) is 2.63. The van der Waals surface area contributed by atoms with Crippen molar-refractivity contribution in [1.29, 1.82) is 0 Å². The van der Waals surface area contributed by atoms with Gasteiger partial charge in [0, 0.05) is 31.4 Å². The van der Waals surface area contributed by atoms with Crippen molar-refractivity contribution in [1.82, 2.24) is 10.2 Å². The first-order chi connectivity index (χ1) is 9.15. The summed E-state index contributed by atoms with van der Waals surface area (Å²) in [5, 5.41) is 3.70. The van der Waals surface area contributed by atoms with Gasteiger partial charge in [0.1, 0.15) is 0 Å². The van der Waals surface area contributed by atoms with Crippen LogP contribution in [0.4, 0.5) is 0 Å². The molecule has 3 heteroatoms. The van der Waals surface area contributed by atoms with E-state index in [1.807, 2.05) is 11.8 Å². The Hall–Kier alpha value is -0.510. The summed E-state index contributed by atoms with van der Waals surface area (Å²) >= 11 is 2.04. The molecule has 1 fully saturated rings. The Kier molecular flexibility index (Phi) is 5.31. The maximum absolute atomic E-state index is 3.70. The molecule has 2 rings (SSSR count). The number of benzene rings is 1. The molecular formula is C16H26N2S. The Morgan fingerprint density at radius 3 is 2.79 bits per heavy atom. The standard InChI is InChI=1S/C16H26N2S/c1-4-19-12-14(2)18-11-10-17-16(3,13-18)15-8-6-5-7-9-15/h5-9,14,17H,4,10-13H2,1-3H3. The number of nitrogens with zero attached hydrogens (tertiary/aromatic N) is 1. The Labute approximate surface area is 122 Å².